The van der Waals surface area contributed by atoms with Crippen LogP contribution >= 0.6 is 0 Å². The highest BCUT2D eigenvalue weighted by atomic mass is 16.5. The minimum atomic E-state index is 0.225. The van der Waals surface area contributed by atoms with Gasteiger partial charge < -0.3 is 14.8 Å². The normalized spacial score (nSPS) is 17.0. The number of nitrogens with one attached hydrogen (secondary N) is 1. The van der Waals surface area contributed by atoms with Gasteiger partial charge in [0.1, 0.15) is 0 Å². The summed E-state index contributed by atoms with van der Waals surface area (Å²) >= 11 is 0. The smallest absolute Gasteiger partial charge is 0.0717 e. The summed E-state index contributed by atoms with van der Waals surface area (Å²) in [5.41, 5.74) is 2.50. The first-order valence-electron chi connectivity index (χ1n) is 8.42. The van der Waals surface area contributed by atoms with Gasteiger partial charge in [-0.15, -0.1) is 0 Å². The molecule has 1 aliphatic heterocycles. The zero-order valence-corrected chi connectivity index (χ0v) is 13.5. The minimum Gasteiger partial charge on any atom is -0.381 e. The Kier molecular flexibility index (Phi) is 6.21. The average molecular weight is 311 g/mol. The lowest BCUT2D eigenvalue weighted by molar-refractivity contribution is 0.0594. The lowest BCUT2D eigenvalue weighted by atomic mass is 10.0. The second kappa shape index (κ2) is 8.82. The Labute approximate surface area is 138 Å². The van der Waals surface area contributed by atoms with Crippen LogP contribution in [-0.4, -0.2) is 25.9 Å². The van der Waals surface area contributed by atoms with Crippen LogP contribution in [0.2, 0.25) is 0 Å². The van der Waals surface area contributed by atoms with E-state index in [1.54, 1.807) is 0 Å². The predicted molar refractivity (Wildman–Crippen MR) is 92.3 cm³/mol. The van der Waals surface area contributed by atoms with Crippen molar-refractivity contribution in [2.45, 2.75) is 31.5 Å². The van der Waals surface area contributed by atoms with Gasteiger partial charge in [0.2, 0.25) is 0 Å². The third-order valence-electron chi connectivity index (χ3n) is 4.26. The Morgan fingerprint density at radius 1 is 0.957 bits per heavy atom. The fraction of sp³-hybridized carbons (Fsp3) is 0.400. The van der Waals surface area contributed by atoms with Gasteiger partial charge in [0.25, 0.3) is 0 Å². The zero-order chi connectivity index (χ0) is 15.7. The van der Waals surface area contributed by atoms with Gasteiger partial charge in [-0.3, -0.25) is 0 Å². The average Bonchev–Trinajstić information content (AvgIpc) is 2.63. The van der Waals surface area contributed by atoms with Crippen LogP contribution < -0.4 is 5.32 Å². The monoisotopic (exact) mass is 311 g/mol. The SMILES string of the molecule is c1ccc(COCC(NC2CCOCC2)c2ccccc2)cc1. The summed E-state index contributed by atoms with van der Waals surface area (Å²) in [6.45, 7) is 3.03. The summed E-state index contributed by atoms with van der Waals surface area (Å²) in [5, 5.41) is 3.75. The summed E-state index contributed by atoms with van der Waals surface area (Å²) < 4.78 is 11.4. The zero-order valence-electron chi connectivity index (χ0n) is 13.5. The van der Waals surface area contributed by atoms with Crippen molar-refractivity contribution in [2.75, 3.05) is 19.8 Å². The van der Waals surface area contributed by atoms with E-state index in [4.69, 9.17) is 9.47 Å². The molecule has 1 heterocycles. The fourth-order valence-corrected chi connectivity index (χ4v) is 2.94. The molecule has 1 unspecified atom stereocenters. The van der Waals surface area contributed by atoms with Gasteiger partial charge in [0.05, 0.1) is 19.3 Å². The third-order valence-corrected chi connectivity index (χ3v) is 4.26. The van der Waals surface area contributed by atoms with E-state index in [1.807, 2.05) is 18.2 Å². The molecule has 3 heteroatoms. The Morgan fingerprint density at radius 2 is 1.61 bits per heavy atom. The fourth-order valence-electron chi connectivity index (χ4n) is 2.94. The molecule has 0 saturated carbocycles. The minimum absolute atomic E-state index is 0.225. The molecule has 0 spiro atoms. The molecule has 0 aromatic heterocycles. The van der Waals surface area contributed by atoms with Gasteiger partial charge in [-0.1, -0.05) is 60.7 Å². The number of benzene rings is 2. The van der Waals surface area contributed by atoms with E-state index in [0.717, 1.165) is 26.1 Å². The molecule has 3 nitrogen and oxygen atoms in total. The van der Waals surface area contributed by atoms with E-state index >= 15 is 0 Å². The van der Waals surface area contributed by atoms with E-state index in [-0.39, 0.29) is 6.04 Å². The molecular formula is C20H25NO2. The van der Waals surface area contributed by atoms with Crippen molar-refractivity contribution in [3.05, 3.63) is 71.8 Å². The maximum Gasteiger partial charge on any atom is 0.0717 e. The van der Waals surface area contributed by atoms with E-state index < -0.39 is 0 Å². The molecule has 3 rings (SSSR count). The van der Waals surface area contributed by atoms with Crippen LogP contribution in [-0.2, 0) is 16.1 Å². The highest BCUT2D eigenvalue weighted by Gasteiger charge is 2.19. The maximum absolute atomic E-state index is 5.98. The number of hydrogen-bond acceptors (Lipinski definition) is 3. The predicted octanol–water partition coefficient (Wildman–Crippen LogP) is 3.71. The van der Waals surface area contributed by atoms with Crippen molar-refractivity contribution in [1.82, 2.24) is 5.32 Å². The highest BCUT2D eigenvalue weighted by molar-refractivity contribution is 5.19. The molecule has 0 radical (unpaired) electrons. The van der Waals surface area contributed by atoms with Gasteiger partial charge >= 0.3 is 0 Å². The van der Waals surface area contributed by atoms with Crippen molar-refractivity contribution >= 4 is 0 Å². The molecule has 1 aliphatic rings. The lowest BCUT2D eigenvalue weighted by Gasteiger charge is -2.29. The first-order valence-corrected chi connectivity index (χ1v) is 8.42. The molecule has 2 aromatic carbocycles. The molecule has 0 bridgehead atoms. The standard InChI is InChI=1S/C20H25NO2/c1-3-7-17(8-4-1)15-23-16-20(18-9-5-2-6-10-18)21-19-11-13-22-14-12-19/h1-10,19-21H,11-16H2. The van der Waals surface area contributed by atoms with Crippen LogP contribution in [0.4, 0.5) is 0 Å². The summed E-state index contributed by atoms with van der Waals surface area (Å²) in [6, 6.07) is 21.6. The van der Waals surface area contributed by atoms with Gasteiger partial charge in [-0.2, -0.15) is 0 Å². The first kappa shape index (κ1) is 16.2. The molecule has 1 saturated heterocycles. The second-order valence-electron chi connectivity index (χ2n) is 6.02. The summed E-state index contributed by atoms with van der Waals surface area (Å²) in [6.07, 6.45) is 2.14. The summed E-state index contributed by atoms with van der Waals surface area (Å²) in [4.78, 5) is 0. The molecule has 0 aliphatic carbocycles. The Morgan fingerprint density at radius 3 is 2.30 bits per heavy atom. The molecular weight excluding hydrogens is 286 g/mol. The molecule has 0 amide bonds. The Bertz CT molecular complexity index is 552. The topological polar surface area (TPSA) is 30.5 Å². The molecule has 1 fully saturated rings. The largest absolute Gasteiger partial charge is 0.381 e. The van der Waals surface area contributed by atoms with Crippen LogP contribution in [0.5, 0.6) is 0 Å². The van der Waals surface area contributed by atoms with E-state index in [9.17, 15) is 0 Å². The van der Waals surface area contributed by atoms with Crippen molar-refractivity contribution in [1.29, 1.82) is 0 Å². The van der Waals surface area contributed by atoms with Crippen LogP contribution in [0, 0.1) is 0 Å². The van der Waals surface area contributed by atoms with Gasteiger partial charge in [-0.25, -0.2) is 0 Å². The van der Waals surface area contributed by atoms with E-state index in [0.29, 0.717) is 19.3 Å². The summed E-state index contributed by atoms with van der Waals surface area (Å²) in [5.74, 6) is 0. The van der Waals surface area contributed by atoms with E-state index in [1.165, 1.54) is 11.1 Å². The van der Waals surface area contributed by atoms with Gasteiger partial charge in [-0.05, 0) is 24.0 Å². The molecule has 122 valence electrons. The van der Waals surface area contributed by atoms with Crippen molar-refractivity contribution in [3.8, 4) is 0 Å². The molecule has 1 N–H and O–H groups in total. The Balaban J connectivity index is 1.58. The van der Waals surface area contributed by atoms with Crippen molar-refractivity contribution in [3.63, 3.8) is 0 Å². The van der Waals surface area contributed by atoms with Gasteiger partial charge in [0.15, 0.2) is 0 Å². The third kappa shape index (κ3) is 5.17. The second-order valence-corrected chi connectivity index (χ2v) is 6.02. The molecule has 23 heavy (non-hydrogen) atoms. The molecule has 1 atom stereocenters. The molecule has 2 aromatic rings. The summed E-state index contributed by atoms with van der Waals surface area (Å²) in [7, 11) is 0. The van der Waals surface area contributed by atoms with Crippen LogP contribution in [0.15, 0.2) is 60.7 Å². The number of ether oxygens (including phenoxy) is 2. The quantitative estimate of drug-likeness (QED) is 0.845. The maximum atomic E-state index is 5.98. The van der Waals surface area contributed by atoms with Crippen LogP contribution in [0.3, 0.4) is 0 Å². The number of rotatable bonds is 7. The van der Waals surface area contributed by atoms with Crippen molar-refractivity contribution in [2.24, 2.45) is 0 Å². The van der Waals surface area contributed by atoms with Crippen LogP contribution in [0.25, 0.3) is 0 Å². The first-order chi connectivity index (χ1) is 11.4. The van der Waals surface area contributed by atoms with Crippen molar-refractivity contribution < 1.29 is 9.47 Å². The van der Waals surface area contributed by atoms with Gasteiger partial charge in [0, 0.05) is 19.3 Å². The highest BCUT2D eigenvalue weighted by Crippen LogP contribution is 2.18. The van der Waals surface area contributed by atoms with Crippen LogP contribution in [0.1, 0.15) is 30.0 Å². The number of hydrogen-bond donors (Lipinski definition) is 1. The van der Waals surface area contributed by atoms with E-state index in [2.05, 4.69) is 47.8 Å². The lowest BCUT2D eigenvalue weighted by Crippen LogP contribution is -2.39. The Hall–Kier alpha value is -1.68.